The van der Waals surface area contributed by atoms with Crippen LogP contribution in [0, 0.1) is 0 Å². The minimum absolute atomic E-state index is 0.0383. The Balaban J connectivity index is 2.14. The molecule has 1 aromatic rings. The zero-order chi connectivity index (χ0) is 32.3. The molecule has 18 heteroatoms. The number of phenolic OH excluding ortho intramolecular Hbond substituents is 1. The van der Waals surface area contributed by atoms with Gasteiger partial charge >= 0.3 is 11.9 Å². The number of hydrogen-bond acceptors (Lipinski definition) is 11. The summed E-state index contributed by atoms with van der Waals surface area (Å²) in [5.41, 5.74) is 5.59. The second-order valence-corrected chi connectivity index (χ2v) is 9.75. The molecule has 12 N–H and O–H groups in total. The highest BCUT2D eigenvalue weighted by atomic mass is 16.4. The number of carbonyl (C=O) groups excluding carboxylic acids is 5. The Bertz CT molecular complexity index is 1210. The first-order valence-corrected chi connectivity index (χ1v) is 12.9. The molecule has 1 aromatic carbocycles. The number of rotatable bonds is 16. The lowest BCUT2D eigenvalue weighted by Crippen LogP contribution is -2.59. The van der Waals surface area contributed by atoms with Crippen LogP contribution < -0.4 is 32.3 Å². The third-order valence-electron chi connectivity index (χ3n) is 6.28. The van der Waals surface area contributed by atoms with E-state index in [2.05, 4.69) is 26.6 Å². The number of aromatic hydroxyl groups is 1. The number of hydrogen-bond donors (Lipinski definition) is 11. The molecule has 1 saturated heterocycles. The number of aliphatic carboxylic acids is 2. The van der Waals surface area contributed by atoms with E-state index >= 15 is 0 Å². The van der Waals surface area contributed by atoms with Gasteiger partial charge in [-0.25, -0.2) is 4.79 Å². The molecule has 1 aliphatic rings. The summed E-state index contributed by atoms with van der Waals surface area (Å²) in [7, 11) is 0. The molecule has 0 saturated carbocycles. The maximum Gasteiger partial charge on any atom is 0.326 e. The van der Waals surface area contributed by atoms with E-state index in [0.717, 1.165) is 0 Å². The topological polar surface area (TPSA) is 307 Å². The first-order chi connectivity index (χ1) is 20.2. The van der Waals surface area contributed by atoms with Crippen molar-refractivity contribution in [3.8, 4) is 5.75 Å². The largest absolute Gasteiger partial charge is 0.508 e. The van der Waals surface area contributed by atoms with Gasteiger partial charge in [0.15, 0.2) is 0 Å². The Morgan fingerprint density at radius 1 is 0.837 bits per heavy atom. The number of nitrogens with two attached hydrogens (primary N) is 1. The molecule has 0 unspecified atom stereocenters. The molecule has 0 spiro atoms. The van der Waals surface area contributed by atoms with Crippen LogP contribution in [0.25, 0.3) is 0 Å². The third kappa shape index (κ3) is 11.2. The number of primary amides is 1. The highest BCUT2D eigenvalue weighted by Crippen LogP contribution is 2.12. The number of carboxylic acid groups (broad SMARTS) is 2. The third-order valence-corrected chi connectivity index (χ3v) is 6.28. The molecular weight excluding hydrogens is 576 g/mol. The smallest absolute Gasteiger partial charge is 0.326 e. The van der Waals surface area contributed by atoms with Gasteiger partial charge in [0.05, 0.1) is 31.6 Å². The van der Waals surface area contributed by atoms with Crippen LogP contribution in [0.5, 0.6) is 5.75 Å². The van der Waals surface area contributed by atoms with E-state index < -0.39 is 97.2 Å². The fourth-order valence-electron chi connectivity index (χ4n) is 4.06. The molecule has 1 fully saturated rings. The van der Waals surface area contributed by atoms with E-state index in [0.29, 0.717) is 5.56 Å². The Kier molecular flexibility index (Phi) is 12.8. The molecule has 5 amide bonds. The minimum atomic E-state index is -1.88. The van der Waals surface area contributed by atoms with Gasteiger partial charge in [0.1, 0.15) is 29.9 Å². The molecule has 2 rings (SSSR count). The highest BCUT2D eigenvalue weighted by Gasteiger charge is 2.34. The molecule has 0 bridgehead atoms. The molecule has 6 atom stereocenters. The van der Waals surface area contributed by atoms with Crippen molar-refractivity contribution in [2.45, 2.75) is 62.0 Å². The van der Waals surface area contributed by atoms with Crippen LogP contribution in [0.4, 0.5) is 0 Å². The van der Waals surface area contributed by atoms with E-state index in [1.807, 2.05) is 0 Å². The predicted molar refractivity (Wildman–Crippen MR) is 143 cm³/mol. The van der Waals surface area contributed by atoms with Crippen LogP contribution in [0.3, 0.4) is 0 Å². The van der Waals surface area contributed by atoms with Crippen molar-refractivity contribution in [3.05, 3.63) is 29.8 Å². The fourth-order valence-corrected chi connectivity index (χ4v) is 4.06. The molecule has 0 radical (unpaired) electrons. The van der Waals surface area contributed by atoms with E-state index in [1.165, 1.54) is 24.3 Å². The number of β-amino-alcohol motifs (C(OH)–C–C–N with tert-alkyl or cyclic N) is 1. The summed E-state index contributed by atoms with van der Waals surface area (Å²) >= 11 is 0. The number of aliphatic hydroxyl groups is 2. The Morgan fingerprint density at radius 3 is 1.84 bits per heavy atom. The molecule has 1 aliphatic heterocycles. The molecule has 0 aliphatic carbocycles. The summed E-state index contributed by atoms with van der Waals surface area (Å²) in [5.74, 6) is -8.54. The van der Waals surface area contributed by atoms with Crippen molar-refractivity contribution in [1.29, 1.82) is 0 Å². The van der Waals surface area contributed by atoms with Crippen LogP contribution in [-0.2, 0) is 40.0 Å². The average Bonchev–Trinajstić information content (AvgIpc) is 3.37. The number of phenols is 1. The standard InChI is InChI=1S/C25H34N6O12/c26-19(35)7-15(22(39)30-17(25(42)43)5-11-1-3-12(33)4-2-11)28-23(40)16(8-20(36)37)29-24(41)18(10-32)31-21(38)14-6-13(34)9-27-14/h1-4,13-18,27,32-34H,5-10H2,(H2,26,35)(H,28,40)(H,29,41)(H,30,39)(H,31,38)(H,36,37)(H,42,43)/t13-,14+,15+,16+,17+,18+/m1/s1. The van der Waals surface area contributed by atoms with Crippen LogP contribution in [0.2, 0.25) is 0 Å². The van der Waals surface area contributed by atoms with Crippen LogP contribution >= 0.6 is 0 Å². The van der Waals surface area contributed by atoms with Gasteiger partial charge in [-0.1, -0.05) is 12.1 Å². The Morgan fingerprint density at radius 2 is 1.37 bits per heavy atom. The maximum atomic E-state index is 13.0. The molecule has 1 heterocycles. The number of nitrogens with one attached hydrogen (secondary N) is 5. The lowest BCUT2D eigenvalue weighted by atomic mass is 10.0. The quantitative estimate of drug-likeness (QED) is 0.0836. The van der Waals surface area contributed by atoms with Crippen molar-refractivity contribution in [2.75, 3.05) is 13.2 Å². The van der Waals surface area contributed by atoms with Gasteiger partial charge < -0.3 is 57.9 Å². The van der Waals surface area contributed by atoms with E-state index in [1.54, 1.807) is 0 Å². The average molecular weight is 611 g/mol. The SMILES string of the molecule is NC(=O)C[C@H](NC(=O)[C@H](CC(=O)O)NC(=O)[C@H](CO)NC(=O)[C@@H]1C[C@@H](O)CN1)C(=O)N[C@@H](Cc1ccc(O)cc1)C(=O)O. The van der Waals surface area contributed by atoms with Gasteiger partial charge in [0.25, 0.3) is 0 Å². The monoisotopic (exact) mass is 610 g/mol. The molecular formula is C25H34N6O12. The summed E-state index contributed by atoms with van der Waals surface area (Å²) in [4.78, 5) is 85.8. The summed E-state index contributed by atoms with van der Waals surface area (Å²) in [5, 5.41) is 58.6. The second kappa shape index (κ2) is 16.0. The lowest BCUT2D eigenvalue weighted by Gasteiger charge is -2.25. The van der Waals surface area contributed by atoms with E-state index in [4.69, 9.17) is 5.73 Å². The lowest BCUT2D eigenvalue weighted by molar-refractivity contribution is -0.143. The van der Waals surface area contributed by atoms with Crippen molar-refractivity contribution in [1.82, 2.24) is 26.6 Å². The van der Waals surface area contributed by atoms with Crippen molar-refractivity contribution in [2.24, 2.45) is 5.73 Å². The predicted octanol–water partition coefficient (Wildman–Crippen LogP) is -4.98. The van der Waals surface area contributed by atoms with Crippen molar-refractivity contribution in [3.63, 3.8) is 0 Å². The first kappa shape index (κ1) is 34.4. The summed E-state index contributed by atoms with van der Waals surface area (Å²) in [6, 6.07) is -2.29. The van der Waals surface area contributed by atoms with Crippen LogP contribution in [0.1, 0.15) is 24.8 Å². The molecule has 43 heavy (non-hydrogen) atoms. The van der Waals surface area contributed by atoms with Gasteiger partial charge in [0, 0.05) is 13.0 Å². The van der Waals surface area contributed by atoms with Gasteiger partial charge in [-0.3, -0.25) is 28.8 Å². The minimum Gasteiger partial charge on any atom is -0.508 e. The van der Waals surface area contributed by atoms with Crippen LogP contribution in [0.15, 0.2) is 24.3 Å². The summed E-state index contributed by atoms with van der Waals surface area (Å²) in [6.45, 7) is -0.822. The highest BCUT2D eigenvalue weighted by molar-refractivity contribution is 5.98. The molecule has 18 nitrogen and oxygen atoms in total. The fraction of sp³-hybridized carbons (Fsp3) is 0.480. The van der Waals surface area contributed by atoms with Crippen LogP contribution in [-0.4, -0.2) is 116 Å². The summed E-state index contributed by atoms with van der Waals surface area (Å²) < 4.78 is 0. The maximum absolute atomic E-state index is 13.0. The zero-order valence-electron chi connectivity index (χ0n) is 22.7. The number of benzene rings is 1. The van der Waals surface area contributed by atoms with Gasteiger partial charge in [-0.05, 0) is 24.1 Å². The Labute approximate surface area is 244 Å². The van der Waals surface area contributed by atoms with E-state index in [-0.39, 0.29) is 25.1 Å². The molecule has 236 valence electrons. The second-order valence-electron chi connectivity index (χ2n) is 9.75. The Hall–Kier alpha value is -4.81. The number of aliphatic hydroxyl groups excluding tert-OH is 2. The van der Waals surface area contributed by atoms with E-state index in [9.17, 15) is 59.1 Å². The first-order valence-electron chi connectivity index (χ1n) is 12.9. The van der Waals surface area contributed by atoms with Gasteiger partial charge in [-0.15, -0.1) is 0 Å². The number of amides is 5. The normalized spacial score (nSPS) is 18.7. The van der Waals surface area contributed by atoms with Gasteiger partial charge in [-0.2, -0.15) is 0 Å². The number of carbonyl (C=O) groups is 7. The van der Waals surface area contributed by atoms with Crippen molar-refractivity contribution >= 4 is 41.5 Å². The number of carboxylic acids is 2. The van der Waals surface area contributed by atoms with Gasteiger partial charge in [0.2, 0.25) is 29.5 Å². The van der Waals surface area contributed by atoms with Crippen molar-refractivity contribution < 1.29 is 59.1 Å². The zero-order valence-corrected chi connectivity index (χ0v) is 22.7. The molecule has 0 aromatic heterocycles. The summed E-state index contributed by atoms with van der Waals surface area (Å²) in [6.07, 6.45) is -2.86.